The first kappa shape index (κ1) is 21.9. The molecule has 7 heteroatoms. The first-order valence-electron chi connectivity index (χ1n) is 10.8. The lowest BCUT2D eigenvalue weighted by atomic mass is 9.93. The number of hydrogen-bond donors (Lipinski definition) is 0. The molecule has 0 unspecified atom stereocenters. The highest BCUT2D eigenvalue weighted by molar-refractivity contribution is 5.80. The average molecular weight is 437 g/mol. The van der Waals surface area contributed by atoms with Gasteiger partial charge in [0.2, 0.25) is 11.9 Å². The number of anilines is 1. The molecule has 0 radical (unpaired) electrons. The van der Waals surface area contributed by atoms with Gasteiger partial charge in [-0.15, -0.1) is 0 Å². The van der Waals surface area contributed by atoms with Crippen molar-refractivity contribution < 1.29 is 13.6 Å². The maximum Gasteiger partial charge on any atom is 0.227 e. The first-order valence-corrected chi connectivity index (χ1v) is 10.8. The van der Waals surface area contributed by atoms with Crippen LogP contribution in [0.2, 0.25) is 0 Å². The fourth-order valence-corrected chi connectivity index (χ4v) is 4.13. The van der Waals surface area contributed by atoms with E-state index in [9.17, 15) is 13.6 Å². The molecule has 2 aromatic carbocycles. The van der Waals surface area contributed by atoms with E-state index < -0.39 is 0 Å². The van der Waals surface area contributed by atoms with Crippen molar-refractivity contribution in [3.05, 3.63) is 77.6 Å². The van der Waals surface area contributed by atoms with Gasteiger partial charge in [-0.05, 0) is 54.7 Å². The third-order valence-corrected chi connectivity index (χ3v) is 5.75. The van der Waals surface area contributed by atoms with E-state index in [1.165, 1.54) is 24.3 Å². The van der Waals surface area contributed by atoms with Gasteiger partial charge in [0, 0.05) is 32.4 Å². The highest BCUT2D eigenvalue weighted by Crippen LogP contribution is 2.36. The average Bonchev–Trinajstić information content (AvgIpc) is 2.80. The minimum absolute atomic E-state index is 0.0310. The van der Waals surface area contributed by atoms with Crippen LogP contribution in [-0.4, -0.2) is 41.4 Å². The Labute approximate surface area is 186 Å². The third kappa shape index (κ3) is 4.77. The molecule has 1 fully saturated rings. The second-order valence-electron chi connectivity index (χ2n) is 8.28. The fourth-order valence-electron chi connectivity index (χ4n) is 4.13. The zero-order valence-corrected chi connectivity index (χ0v) is 18.3. The predicted molar refractivity (Wildman–Crippen MR) is 120 cm³/mol. The molecule has 0 bridgehead atoms. The van der Waals surface area contributed by atoms with E-state index in [-0.39, 0.29) is 30.0 Å². The lowest BCUT2D eigenvalue weighted by molar-refractivity contribution is -0.134. The summed E-state index contributed by atoms with van der Waals surface area (Å²) in [6.07, 6.45) is 4.55. The summed E-state index contributed by atoms with van der Waals surface area (Å²) in [5, 5.41) is 0. The van der Waals surface area contributed by atoms with Crippen molar-refractivity contribution in [3.63, 3.8) is 0 Å². The van der Waals surface area contributed by atoms with Crippen LogP contribution in [-0.2, 0) is 11.2 Å². The van der Waals surface area contributed by atoms with E-state index in [1.807, 2.05) is 30.0 Å². The van der Waals surface area contributed by atoms with Crippen LogP contribution in [0.5, 0.6) is 0 Å². The van der Waals surface area contributed by atoms with Gasteiger partial charge < -0.3 is 9.80 Å². The Morgan fingerprint density at radius 3 is 2.59 bits per heavy atom. The summed E-state index contributed by atoms with van der Waals surface area (Å²) in [4.78, 5) is 26.2. The molecule has 3 aromatic rings. The topological polar surface area (TPSA) is 49.3 Å². The molecule has 2 heterocycles. The molecule has 166 valence electrons. The van der Waals surface area contributed by atoms with Gasteiger partial charge in [-0.3, -0.25) is 4.79 Å². The molecule has 1 amide bonds. The molecule has 0 spiro atoms. The summed E-state index contributed by atoms with van der Waals surface area (Å²) in [6.45, 7) is 0.620. The van der Waals surface area contributed by atoms with Crippen LogP contribution in [0.1, 0.15) is 36.6 Å². The second kappa shape index (κ2) is 9.42. The van der Waals surface area contributed by atoms with Gasteiger partial charge in [0.25, 0.3) is 0 Å². The Morgan fingerprint density at radius 2 is 1.88 bits per heavy atom. The lowest BCUT2D eigenvalue weighted by Crippen LogP contribution is -2.40. The van der Waals surface area contributed by atoms with E-state index >= 15 is 0 Å². The van der Waals surface area contributed by atoms with Crippen LogP contribution in [0.15, 0.2) is 54.7 Å². The zero-order valence-electron chi connectivity index (χ0n) is 18.3. The smallest absolute Gasteiger partial charge is 0.227 e. The molecule has 0 aliphatic carbocycles. The molecule has 32 heavy (non-hydrogen) atoms. The summed E-state index contributed by atoms with van der Waals surface area (Å²) in [6, 6.07) is 12.1. The van der Waals surface area contributed by atoms with Gasteiger partial charge in [-0.2, -0.15) is 0 Å². The Bertz CT molecular complexity index is 1100. The number of nitrogens with zero attached hydrogens (tertiary/aromatic N) is 4. The van der Waals surface area contributed by atoms with Gasteiger partial charge in [-0.25, -0.2) is 18.7 Å². The molecule has 5 nitrogen and oxygen atoms in total. The number of rotatable bonds is 5. The summed E-state index contributed by atoms with van der Waals surface area (Å²) in [5.74, 6) is -0.153. The van der Waals surface area contributed by atoms with Crippen molar-refractivity contribution in [2.24, 2.45) is 0 Å². The molecular weight excluding hydrogens is 410 g/mol. The maximum atomic E-state index is 14.0. The van der Waals surface area contributed by atoms with Crippen LogP contribution in [0.3, 0.4) is 0 Å². The van der Waals surface area contributed by atoms with Gasteiger partial charge >= 0.3 is 0 Å². The lowest BCUT2D eigenvalue weighted by Gasteiger charge is -2.36. The van der Waals surface area contributed by atoms with Crippen LogP contribution < -0.4 is 4.90 Å². The van der Waals surface area contributed by atoms with Crippen molar-refractivity contribution in [2.45, 2.75) is 31.7 Å². The highest BCUT2D eigenvalue weighted by atomic mass is 19.1. The number of halogens is 2. The Hall–Kier alpha value is -3.35. The molecular formula is C25H26F2N4O. The molecule has 1 aliphatic rings. The Morgan fingerprint density at radius 1 is 1.09 bits per heavy atom. The van der Waals surface area contributed by atoms with Crippen LogP contribution in [0, 0.1) is 11.6 Å². The molecule has 1 saturated heterocycles. The van der Waals surface area contributed by atoms with Crippen molar-refractivity contribution >= 4 is 11.9 Å². The predicted octanol–water partition coefficient (Wildman–Crippen LogP) is 4.78. The highest BCUT2D eigenvalue weighted by Gasteiger charge is 2.31. The summed E-state index contributed by atoms with van der Waals surface area (Å²) >= 11 is 0. The normalized spacial score (nSPS) is 16.1. The monoisotopic (exact) mass is 436 g/mol. The Balaban J connectivity index is 1.72. The van der Waals surface area contributed by atoms with Crippen LogP contribution >= 0.6 is 0 Å². The van der Waals surface area contributed by atoms with Gasteiger partial charge in [0.1, 0.15) is 11.6 Å². The molecule has 0 saturated carbocycles. The number of amides is 1. The van der Waals surface area contributed by atoms with Crippen molar-refractivity contribution in [1.29, 1.82) is 0 Å². The number of hydrogen-bond acceptors (Lipinski definition) is 4. The second-order valence-corrected chi connectivity index (χ2v) is 8.28. The van der Waals surface area contributed by atoms with Crippen molar-refractivity contribution in [1.82, 2.24) is 14.9 Å². The van der Waals surface area contributed by atoms with Crippen molar-refractivity contribution in [2.75, 3.05) is 25.5 Å². The minimum Gasteiger partial charge on any atom is -0.347 e. The van der Waals surface area contributed by atoms with Crippen LogP contribution in [0.4, 0.5) is 14.7 Å². The number of piperidine rings is 1. The number of aromatic nitrogens is 2. The Kier molecular flexibility index (Phi) is 6.44. The van der Waals surface area contributed by atoms with Crippen molar-refractivity contribution in [3.8, 4) is 11.1 Å². The molecule has 1 aromatic heterocycles. The molecule has 1 atom stereocenters. The van der Waals surface area contributed by atoms with E-state index in [1.54, 1.807) is 24.4 Å². The van der Waals surface area contributed by atoms with E-state index in [2.05, 4.69) is 4.98 Å². The minimum atomic E-state index is -0.335. The van der Waals surface area contributed by atoms with Gasteiger partial charge in [0.15, 0.2) is 0 Å². The number of benzene rings is 2. The van der Waals surface area contributed by atoms with Gasteiger partial charge in [-0.1, -0.05) is 24.3 Å². The standard InChI is InChI=1S/C25H26F2N4O/c1-30(2)25-28-16-21(18-6-5-7-20(27)15-18)24(29-25)22-8-3-4-13-31(22)23(32)14-17-9-11-19(26)12-10-17/h5-7,9-12,15-16,22H,3-4,8,13-14H2,1-2H3/t22-/m0/s1. The number of carbonyl (C=O) groups is 1. The molecule has 1 aliphatic heterocycles. The first-order chi connectivity index (χ1) is 15.4. The quantitative estimate of drug-likeness (QED) is 0.577. The van der Waals surface area contributed by atoms with E-state index in [4.69, 9.17) is 4.98 Å². The zero-order chi connectivity index (χ0) is 22.7. The van der Waals surface area contributed by atoms with E-state index in [0.717, 1.165) is 36.1 Å². The maximum absolute atomic E-state index is 14.0. The SMILES string of the molecule is CN(C)c1ncc(-c2cccc(F)c2)c([C@@H]2CCCCN2C(=O)Cc2ccc(F)cc2)n1. The summed E-state index contributed by atoms with van der Waals surface area (Å²) < 4.78 is 27.2. The van der Waals surface area contributed by atoms with Crippen LogP contribution in [0.25, 0.3) is 11.1 Å². The number of carbonyl (C=O) groups excluding carboxylic acids is 1. The number of likely N-dealkylation sites (tertiary alicyclic amines) is 1. The summed E-state index contributed by atoms with van der Waals surface area (Å²) in [7, 11) is 3.72. The molecule has 4 rings (SSSR count). The molecule has 0 N–H and O–H groups in total. The fraction of sp³-hybridized carbons (Fsp3) is 0.320. The largest absolute Gasteiger partial charge is 0.347 e. The van der Waals surface area contributed by atoms with Gasteiger partial charge in [0.05, 0.1) is 18.2 Å². The van der Waals surface area contributed by atoms with E-state index in [0.29, 0.717) is 18.1 Å². The summed E-state index contributed by atoms with van der Waals surface area (Å²) in [5.41, 5.74) is 2.90. The third-order valence-electron chi connectivity index (χ3n) is 5.75.